The van der Waals surface area contributed by atoms with Crippen LogP contribution in [0.25, 0.3) is 11.3 Å². The van der Waals surface area contributed by atoms with Crippen molar-refractivity contribution >= 4 is 0 Å². The van der Waals surface area contributed by atoms with Gasteiger partial charge >= 0.3 is 0 Å². The van der Waals surface area contributed by atoms with Gasteiger partial charge in [0.2, 0.25) is 0 Å². The Kier molecular flexibility index (Phi) is 3.22. The highest BCUT2D eigenvalue weighted by molar-refractivity contribution is 5.62. The van der Waals surface area contributed by atoms with E-state index in [4.69, 9.17) is 4.74 Å². The molecule has 0 aliphatic carbocycles. The standard InChI is InChI=1S/C16H18N2O/c1-18(2)15-8-10-19-16-11-12(6-7-13(15)16)14-5-3-4-9-17-14/h3-7,9,11,15H,8,10H2,1-2H3. The van der Waals surface area contributed by atoms with Crippen molar-refractivity contribution in [3.05, 3.63) is 48.2 Å². The molecule has 0 spiro atoms. The molecule has 1 aromatic heterocycles. The van der Waals surface area contributed by atoms with E-state index >= 15 is 0 Å². The van der Waals surface area contributed by atoms with Crippen LogP contribution in [0.4, 0.5) is 0 Å². The third kappa shape index (κ3) is 2.34. The van der Waals surface area contributed by atoms with Crippen molar-refractivity contribution in [3.63, 3.8) is 0 Å². The summed E-state index contributed by atoms with van der Waals surface area (Å²) in [6, 6.07) is 12.8. The van der Waals surface area contributed by atoms with Gasteiger partial charge in [-0.2, -0.15) is 0 Å². The molecular formula is C16H18N2O. The number of rotatable bonds is 2. The maximum absolute atomic E-state index is 5.81. The van der Waals surface area contributed by atoms with E-state index in [1.54, 1.807) is 0 Å². The van der Waals surface area contributed by atoms with Crippen LogP contribution < -0.4 is 4.74 Å². The van der Waals surface area contributed by atoms with Crippen LogP contribution in [-0.4, -0.2) is 30.6 Å². The summed E-state index contributed by atoms with van der Waals surface area (Å²) >= 11 is 0. The Balaban J connectivity index is 2.00. The third-order valence-corrected chi connectivity index (χ3v) is 3.61. The second kappa shape index (κ2) is 5.02. The Labute approximate surface area is 113 Å². The molecule has 0 saturated carbocycles. The first kappa shape index (κ1) is 12.2. The number of nitrogens with zero attached hydrogens (tertiary/aromatic N) is 2. The van der Waals surface area contributed by atoms with Crippen molar-refractivity contribution in [2.75, 3.05) is 20.7 Å². The molecule has 2 heterocycles. The fraction of sp³-hybridized carbons (Fsp3) is 0.312. The van der Waals surface area contributed by atoms with Gasteiger partial charge in [0.1, 0.15) is 5.75 Å². The van der Waals surface area contributed by atoms with Crippen molar-refractivity contribution in [2.45, 2.75) is 12.5 Å². The minimum Gasteiger partial charge on any atom is -0.493 e. The number of hydrogen-bond donors (Lipinski definition) is 0. The molecule has 0 N–H and O–H groups in total. The van der Waals surface area contributed by atoms with Gasteiger partial charge in [-0.15, -0.1) is 0 Å². The maximum Gasteiger partial charge on any atom is 0.124 e. The molecule has 3 heteroatoms. The highest BCUT2D eigenvalue weighted by Crippen LogP contribution is 2.37. The summed E-state index contributed by atoms with van der Waals surface area (Å²) in [5, 5.41) is 0. The Morgan fingerprint density at radius 3 is 2.84 bits per heavy atom. The number of pyridine rings is 1. The fourth-order valence-corrected chi connectivity index (χ4v) is 2.60. The number of benzene rings is 1. The lowest BCUT2D eigenvalue weighted by Gasteiger charge is -2.31. The maximum atomic E-state index is 5.81. The molecule has 0 fully saturated rings. The molecule has 3 rings (SSSR count). The molecule has 98 valence electrons. The van der Waals surface area contributed by atoms with E-state index in [0.29, 0.717) is 6.04 Å². The van der Waals surface area contributed by atoms with Crippen LogP contribution in [0.15, 0.2) is 42.6 Å². The molecular weight excluding hydrogens is 236 g/mol. The zero-order valence-electron chi connectivity index (χ0n) is 11.3. The average Bonchev–Trinajstić information content (AvgIpc) is 2.47. The lowest BCUT2D eigenvalue weighted by molar-refractivity contribution is 0.190. The summed E-state index contributed by atoms with van der Waals surface area (Å²) < 4.78 is 5.81. The van der Waals surface area contributed by atoms with Crippen LogP contribution in [-0.2, 0) is 0 Å². The van der Waals surface area contributed by atoms with E-state index in [1.165, 1.54) is 5.56 Å². The molecule has 0 saturated heterocycles. The highest BCUT2D eigenvalue weighted by atomic mass is 16.5. The van der Waals surface area contributed by atoms with E-state index in [1.807, 2.05) is 24.4 Å². The largest absolute Gasteiger partial charge is 0.493 e. The van der Waals surface area contributed by atoms with Crippen molar-refractivity contribution in [1.82, 2.24) is 9.88 Å². The van der Waals surface area contributed by atoms with Crippen LogP contribution in [0, 0.1) is 0 Å². The monoisotopic (exact) mass is 254 g/mol. The van der Waals surface area contributed by atoms with Crippen LogP contribution in [0.2, 0.25) is 0 Å². The summed E-state index contributed by atoms with van der Waals surface area (Å²) in [5.74, 6) is 0.994. The van der Waals surface area contributed by atoms with Crippen molar-refractivity contribution < 1.29 is 4.74 Å². The second-order valence-electron chi connectivity index (χ2n) is 5.08. The predicted molar refractivity (Wildman–Crippen MR) is 76.2 cm³/mol. The predicted octanol–water partition coefficient (Wildman–Crippen LogP) is 3.13. The zero-order valence-corrected chi connectivity index (χ0v) is 11.3. The Morgan fingerprint density at radius 2 is 2.11 bits per heavy atom. The summed E-state index contributed by atoms with van der Waals surface area (Å²) in [6.07, 6.45) is 2.86. The second-order valence-corrected chi connectivity index (χ2v) is 5.08. The van der Waals surface area contributed by atoms with Crippen LogP contribution in [0.1, 0.15) is 18.0 Å². The first-order chi connectivity index (χ1) is 9.25. The summed E-state index contributed by atoms with van der Waals surface area (Å²) in [6.45, 7) is 0.779. The van der Waals surface area contributed by atoms with Crippen molar-refractivity contribution in [2.24, 2.45) is 0 Å². The lowest BCUT2D eigenvalue weighted by Crippen LogP contribution is -2.26. The van der Waals surface area contributed by atoms with Gasteiger partial charge in [-0.1, -0.05) is 18.2 Å². The minimum absolute atomic E-state index is 0.446. The van der Waals surface area contributed by atoms with Gasteiger partial charge in [0.25, 0.3) is 0 Å². The molecule has 3 nitrogen and oxygen atoms in total. The zero-order chi connectivity index (χ0) is 13.2. The molecule has 1 aliphatic rings. The fourth-order valence-electron chi connectivity index (χ4n) is 2.60. The highest BCUT2D eigenvalue weighted by Gasteiger charge is 2.23. The van der Waals surface area contributed by atoms with Gasteiger partial charge in [-0.3, -0.25) is 4.98 Å². The number of hydrogen-bond acceptors (Lipinski definition) is 3. The average molecular weight is 254 g/mol. The first-order valence-corrected chi connectivity index (χ1v) is 6.60. The van der Waals surface area contributed by atoms with E-state index < -0.39 is 0 Å². The topological polar surface area (TPSA) is 25.4 Å². The van der Waals surface area contributed by atoms with E-state index in [0.717, 1.165) is 30.0 Å². The molecule has 1 atom stereocenters. The number of aromatic nitrogens is 1. The van der Waals surface area contributed by atoms with Crippen LogP contribution in [0.5, 0.6) is 5.75 Å². The molecule has 0 amide bonds. The van der Waals surface area contributed by atoms with Crippen molar-refractivity contribution in [1.29, 1.82) is 0 Å². The van der Waals surface area contributed by atoms with E-state index in [9.17, 15) is 0 Å². The lowest BCUT2D eigenvalue weighted by atomic mass is 9.97. The Bertz CT molecular complexity index is 566. The molecule has 1 aliphatic heterocycles. The molecule has 0 radical (unpaired) electrons. The first-order valence-electron chi connectivity index (χ1n) is 6.60. The van der Waals surface area contributed by atoms with Gasteiger partial charge in [0.05, 0.1) is 12.3 Å². The minimum atomic E-state index is 0.446. The van der Waals surface area contributed by atoms with Crippen LogP contribution in [0.3, 0.4) is 0 Å². The summed E-state index contributed by atoms with van der Waals surface area (Å²) in [4.78, 5) is 6.64. The van der Waals surface area contributed by atoms with Crippen LogP contribution >= 0.6 is 0 Å². The Morgan fingerprint density at radius 1 is 1.21 bits per heavy atom. The molecule has 1 aromatic carbocycles. The van der Waals surface area contributed by atoms with E-state index in [-0.39, 0.29) is 0 Å². The third-order valence-electron chi connectivity index (χ3n) is 3.61. The van der Waals surface area contributed by atoms with Gasteiger partial charge in [-0.05, 0) is 32.3 Å². The SMILES string of the molecule is CN(C)C1CCOc2cc(-c3ccccn3)ccc21. The summed E-state index contributed by atoms with van der Waals surface area (Å²) in [5.41, 5.74) is 3.37. The van der Waals surface area contributed by atoms with Gasteiger partial charge in [0.15, 0.2) is 0 Å². The van der Waals surface area contributed by atoms with Gasteiger partial charge < -0.3 is 9.64 Å². The smallest absolute Gasteiger partial charge is 0.124 e. The molecule has 1 unspecified atom stereocenters. The van der Waals surface area contributed by atoms with Crippen molar-refractivity contribution in [3.8, 4) is 17.0 Å². The summed E-state index contributed by atoms with van der Waals surface area (Å²) in [7, 11) is 4.23. The molecule has 19 heavy (non-hydrogen) atoms. The normalized spacial score (nSPS) is 17.9. The van der Waals surface area contributed by atoms with Gasteiger partial charge in [0, 0.05) is 29.8 Å². The molecule has 2 aromatic rings. The quantitative estimate of drug-likeness (QED) is 0.823. The molecule has 0 bridgehead atoms. The number of fused-ring (bicyclic) bond motifs is 1. The number of ether oxygens (including phenoxy) is 1. The van der Waals surface area contributed by atoms with E-state index in [2.05, 4.69) is 42.2 Å². The Hall–Kier alpha value is -1.87. The van der Waals surface area contributed by atoms with Gasteiger partial charge in [-0.25, -0.2) is 0 Å².